The van der Waals surface area contributed by atoms with E-state index in [1.807, 2.05) is 30.3 Å². The van der Waals surface area contributed by atoms with Gasteiger partial charge >= 0.3 is 8.80 Å². The van der Waals surface area contributed by atoms with Crippen LogP contribution in [0.4, 0.5) is 5.69 Å². The Morgan fingerprint density at radius 3 is 2.25 bits per heavy atom. The molecule has 1 rings (SSSR count). The van der Waals surface area contributed by atoms with Crippen molar-refractivity contribution < 1.29 is 13.3 Å². The highest BCUT2D eigenvalue weighted by Gasteiger charge is 2.36. The number of hydrogen-bond acceptors (Lipinski definition) is 4. The molecule has 0 radical (unpaired) electrons. The Bertz CT molecular complexity index is 394. The molecule has 0 fully saturated rings. The zero-order chi connectivity index (χ0) is 14.8. The molecule has 2 N–H and O–H groups in total. The summed E-state index contributed by atoms with van der Waals surface area (Å²) >= 11 is 5.22. The quantitative estimate of drug-likeness (QED) is 0.436. The lowest BCUT2D eigenvalue weighted by molar-refractivity contribution is 0.123. The normalized spacial score (nSPS) is 11.2. The Labute approximate surface area is 127 Å². The van der Waals surface area contributed by atoms with Gasteiger partial charge in [0.05, 0.1) is 0 Å². The van der Waals surface area contributed by atoms with Gasteiger partial charge in [-0.05, 0) is 30.8 Å². The highest BCUT2D eigenvalue weighted by molar-refractivity contribution is 7.80. The zero-order valence-electron chi connectivity index (χ0n) is 12.1. The van der Waals surface area contributed by atoms with Crippen molar-refractivity contribution in [3.63, 3.8) is 0 Å². The van der Waals surface area contributed by atoms with E-state index >= 15 is 0 Å². The maximum atomic E-state index is 5.36. The monoisotopic (exact) mass is 314 g/mol. The highest BCUT2D eigenvalue weighted by Crippen LogP contribution is 2.14. The molecule has 0 aliphatic carbocycles. The van der Waals surface area contributed by atoms with E-state index in [1.54, 1.807) is 21.3 Å². The molecule has 112 valence electrons. The van der Waals surface area contributed by atoms with Crippen molar-refractivity contribution in [3.05, 3.63) is 30.3 Å². The SMILES string of the molecule is CO[Si](CCCNC(=S)Nc1ccccc1)(OC)OC. The third kappa shape index (κ3) is 5.56. The second-order valence-electron chi connectivity index (χ2n) is 4.15. The van der Waals surface area contributed by atoms with E-state index in [9.17, 15) is 0 Å². The number of hydrogen-bond donors (Lipinski definition) is 2. The maximum absolute atomic E-state index is 5.36. The first kappa shape index (κ1) is 17.1. The van der Waals surface area contributed by atoms with E-state index in [0.717, 1.165) is 24.7 Å². The van der Waals surface area contributed by atoms with Crippen LogP contribution in [-0.4, -0.2) is 41.8 Å². The molecule has 0 aliphatic heterocycles. The number of rotatable bonds is 8. The molecule has 0 saturated heterocycles. The standard InChI is InChI=1S/C13H22N2O3SSi/c1-16-20(17-2,18-3)11-7-10-14-13(19)15-12-8-5-4-6-9-12/h4-6,8-9H,7,10-11H2,1-3H3,(H2,14,15,19). The van der Waals surface area contributed by atoms with Gasteiger partial charge < -0.3 is 23.9 Å². The van der Waals surface area contributed by atoms with Gasteiger partial charge in [0.2, 0.25) is 0 Å². The van der Waals surface area contributed by atoms with Crippen molar-refractivity contribution in [3.8, 4) is 0 Å². The van der Waals surface area contributed by atoms with Gasteiger partial charge in [-0.15, -0.1) is 0 Å². The van der Waals surface area contributed by atoms with Gasteiger partial charge in [0.1, 0.15) is 0 Å². The van der Waals surface area contributed by atoms with Crippen molar-refractivity contribution in [2.45, 2.75) is 12.5 Å². The number of para-hydroxylation sites is 1. The molecule has 5 nitrogen and oxygen atoms in total. The lowest BCUT2D eigenvalue weighted by atomic mass is 10.3. The van der Waals surface area contributed by atoms with E-state index in [0.29, 0.717) is 5.11 Å². The van der Waals surface area contributed by atoms with Gasteiger partial charge in [-0.25, -0.2) is 0 Å². The highest BCUT2D eigenvalue weighted by atomic mass is 32.1. The molecule has 0 heterocycles. The number of anilines is 1. The first-order chi connectivity index (χ1) is 9.65. The first-order valence-electron chi connectivity index (χ1n) is 6.41. The largest absolute Gasteiger partial charge is 0.500 e. The van der Waals surface area contributed by atoms with Crippen molar-refractivity contribution in [1.82, 2.24) is 5.32 Å². The van der Waals surface area contributed by atoms with Crippen molar-refractivity contribution >= 4 is 31.8 Å². The number of benzene rings is 1. The molecular weight excluding hydrogens is 292 g/mol. The number of nitrogens with one attached hydrogen (secondary N) is 2. The third-order valence-electron chi connectivity index (χ3n) is 2.91. The fourth-order valence-corrected chi connectivity index (χ4v) is 3.70. The van der Waals surface area contributed by atoms with Gasteiger partial charge in [-0.2, -0.15) is 0 Å². The van der Waals surface area contributed by atoms with Crippen molar-refractivity contribution in [2.75, 3.05) is 33.2 Å². The summed E-state index contributed by atoms with van der Waals surface area (Å²) in [4.78, 5) is 0. The van der Waals surface area contributed by atoms with E-state index in [1.165, 1.54) is 0 Å². The Kier molecular flexibility index (Phi) is 7.71. The summed E-state index contributed by atoms with van der Waals surface area (Å²) in [6.45, 7) is 0.740. The molecule has 0 aromatic heterocycles. The summed E-state index contributed by atoms with van der Waals surface area (Å²) in [7, 11) is 2.39. The Morgan fingerprint density at radius 1 is 1.10 bits per heavy atom. The smallest absolute Gasteiger partial charge is 0.377 e. The zero-order valence-corrected chi connectivity index (χ0v) is 14.0. The predicted molar refractivity (Wildman–Crippen MR) is 86.9 cm³/mol. The average Bonchev–Trinajstić information content (AvgIpc) is 2.49. The fourth-order valence-electron chi connectivity index (χ4n) is 1.76. The lowest BCUT2D eigenvalue weighted by Gasteiger charge is -2.24. The Morgan fingerprint density at radius 2 is 1.70 bits per heavy atom. The summed E-state index contributed by atoms with van der Waals surface area (Å²) in [6.07, 6.45) is 0.859. The van der Waals surface area contributed by atoms with Crippen LogP contribution < -0.4 is 10.6 Å². The van der Waals surface area contributed by atoms with Crippen LogP contribution in [0.25, 0.3) is 0 Å². The van der Waals surface area contributed by atoms with Gasteiger partial charge in [-0.1, -0.05) is 18.2 Å². The summed E-state index contributed by atoms with van der Waals surface area (Å²) in [5.74, 6) is 0. The summed E-state index contributed by atoms with van der Waals surface area (Å²) in [5, 5.41) is 6.88. The van der Waals surface area contributed by atoms with E-state index in [-0.39, 0.29) is 0 Å². The number of thiocarbonyl (C=S) groups is 1. The summed E-state index contributed by atoms with van der Waals surface area (Å²) in [6, 6.07) is 10.6. The van der Waals surface area contributed by atoms with Crippen LogP contribution in [0.1, 0.15) is 6.42 Å². The molecule has 0 saturated carbocycles. The second-order valence-corrected chi connectivity index (χ2v) is 7.64. The van der Waals surface area contributed by atoms with Crippen LogP contribution in [0.5, 0.6) is 0 Å². The fraction of sp³-hybridized carbons (Fsp3) is 0.462. The molecular formula is C13H22N2O3SSi. The summed E-state index contributed by atoms with van der Waals surface area (Å²) < 4.78 is 16.1. The van der Waals surface area contributed by atoms with Crippen LogP contribution in [0, 0.1) is 0 Å². The molecule has 7 heteroatoms. The molecule has 0 atom stereocenters. The van der Waals surface area contributed by atoms with Gasteiger partial charge in [0.25, 0.3) is 0 Å². The lowest BCUT2D eigenvalue weighted by Crippen LogP contribution is -2.43. The Hall–Kier alpha value is -0.993. The van der Waals surface area contributed by atoms with E-state index < -0.39 is 8.80 Å². The van der Waals surface area contributed by atoms with Crippen LogP contribution in [-0.2, 0) is 13.3 Å². The molecule has 0 bridgehead atoms. The Balaban J connectivity index is 2.25. The first-order valence-corrected chi connectivity index (χ1v) is 8.75. The molecule has 0 aliphatic rings. The van der Waals surface area contributed by atoms with Gasteiger partial charge in [0.15, 0.2) is 5.11 Å². The molecule has 0 unspecified atom stereocenters. The minimum atomic E-state index is -2.47. The molecule has 0 spiro atoms. The average molecular weight is 314 g/mol. The molecule has 0 amide bonds. The van der Waals surface area contributed by atoms with Crippen LogP contribution in [0.3, 0.4) is 0 Å². The minimum Gasteiger partial charge on any atom is -0.377 e. The van der Waals surface area contributed by atoms with E-state index in [2.05, 4.69) is 10.6 Å². The second kappa shape index (κ2) is 9.04. The molecule has 1 aromatic rings. The molecule has 1 aromatic carbocycles. The molecule has 20 heavy (non-hydrogen) atoms. The van der Waals surface area contributed by atoms with Crippen molar-refractivity contribution in [1.29, 1.82) is 0 Å². The summed E-state index contributed by atoms with van der Waals surface area (Å²) in [5.41, 5.74) is 0.972. The van der Waals surface area contributed by atoms with E-state index in [4.69, 9.17) is 25.5 Å². The van der Waals surface area contributed by atoms with Gasteiger partial charge in [-0.3, -0.25) is 0 Å². The van der Waals surface area contributed by atoms with Crippen molar-refractivity contribution in [2.24, 2.45) is 0 Å². The van der Waals surface area contributed by atoms with Gasteiger partial charge in [0, 0.05) is 39.6 Å². The topological polar surface area (TPSA) is 51.8 Å². The predicted octanol–water partition coefficient (Wildman–Crippen LogP) is 2.24. The van der Waals surface area contributed by atoms with Crippen LogP contribution in [0.15, 0.2) is 30.3 Å². The van der Waals surface area contributed by atoms with Crippen LogP contribution in [0.2, 0.25) is 6.04 Å². The minimum absolute atomic E-state index is 0.607. The third-order valence-corrected chi connectivity index (χ3v) is 5.99. The van der Waals surface area contributed by atoms with Crippen LogP contribution >= 0.6 is 12.2 Å². The maximum Gasteiger partial charge on any atom is 0.500 e.